The summed E-state index contributed by atoms with van der Waals surface area (Å²) in [6.45, 7) is 5.51. The van der Waals surface area contributed by atoms with Gasteiger partial charge in [0.25, 0.3) is 0 Å². The van der Waals surface area contributed by atoms with Gasteiger partial charge in [-0.25, -0.2) is 13.8 Å². The molecule has 1 aromatic heterocycles. The van der Waals surface area contributed by atoms with Crippen LogP contribution >= 0.6 is 0 Å². The SMILES string of the molecule is Cc1c(N)nc(C(C)C)nc1Oc1cc(F)cc(F)c1. The smallest absolute Gasteiger partial charge is 0.227 e. The van der Waals surface area contributed by atoms with Crippen molar-refractivity contribution in [2.45, 2.75) is 26.7 Å². The highest BCUT2D eigenvalue weighted by molar-refractivity contribution is 5.46. The van der Waals surface area contributed by atoms with Gasteiger partial charge in [0.1, 0.15) is 29.0 Å². The Hall–Kier alpha value is -2.24. The maximum absolute atomic E-state index is 13.1. The Labute approximate surface area is 115 Å². The van der Waals surface area contributed by atoms with Crippen LogP contribution < -0.4 is 10.5 Å². The molecule has 2 aromatic rings. The Bertz CT molecular complexity index is 624. The van der Waals surface area contributed by atoms with Crippen molar-refractivity contribution < 1.29 is 13.5 Å². The maximum atomic E-state index is 13.1. The first-order valence-electron chi connectivity index (χ1n) is 6.14. The summed E-state index contributed by atoms with van der Waals surface area (Å²) in [5.74, 6) is -0.350. The number of ether oxygens (including phenoxy) is 1. The molecule has 6 heteroatoms. The van der Waals surface area contributed by atoms with Crippen LogP contribution in [0, 0.1) is 18.6 Å². The molecule has 2 rings (SSSR count). The van der Waals surface area contributed by atoms with Gasteiger partial charge in [-0.2, -0.15) is 4.98 Å². The molecule has 0 unspecified atom stereocenters. The van der Waals surface area contributed by atoms with Crippen molar-refractivity contribution in [3.8, 4) is 11.6 Å². The van der Waals surface area contributed by atoms with Crippen LogP contribution in [-0.2, 0) is 0 Å². The topological polar surface area (TPSA) is 61.0 Å². The summed E-state index contributed by atoms with van der Waals surface area (Å²) in [6, 6.07) is 2.93. The molecule has 2 N–H and O–H groups in total. The van der Waals surface area contributed by atoms with E-state index in [4.69, 9.17) is 10.5 Å². The Morgan fingerprint density at radius 3 is 2.25 bits per heavy atom. The lowest BCUT2D eigenvalue weighted by Gasteiger charge is -2.12. The summed E-state index contributed by atoms with van der Waals surface area (Å²) in [7, 11) is 0. The van der Waals surface area contributed by atoms with Crippen LogP contribution in [0.1, 0.15) is 31.2 Å². The Morgan fingerprint density at radius 2 is 1.70 bits per heavy atom. The zero-order valence-electron chi connectivity index (χ0n) is 11.4. The lowest BCUT2D eigenvalue weighted by atomic mass is 10.2. The average molecular weight is 279 g/mol. The third-order valence-electron chi connectivity index (χ3n) is 2.72. The Kier molecular flexibility index (Phi) is 3.83. The normalized spacial score (nSPS) is 10.9. The fraction of sp³-hybridized carbons (Fsp3) is 0.286. The molecule has 4 nitrogen and oxygen atoms in total. The van der Waals surface area contributed by atoms with E-state index in [1.807, 2.05) is 13.8 Å². The molecule has 0 bridgehead atoms. The first-order chi connectivity index (χ1) is 9.36. The zero-order chi connectivity index (χ0) is 14.9. The van der Waals surface area contributed by atoms with E-state index in [0.29, 0.717) is 11.4 Å². The number of aromatic nitrogens is 2. The number of hydrogen-bond donors (Lipinski definition) is 1. The molecule has 20 heavy (non-hydrogen) atoms. The van der Waals surface area contributed by atoms with Gasteiger partial charge in [-0.1, -0.05) is 13.8 Å². The fourth-order valence-electron chi connectivity index (χ4n) is 1.59. The van der Waals surface area contributed by atoms with E-state index in [9.17, 15) is 8.78 Å². The maximum Gasteiger partial charge on any atom is 0.227 e. The van der Waals surface area contributed by atoms with Gasteiger partial charge in [-0.15, -0.1) is 0 Å². The van der Waals surface area contributed by atoms with Crippen molar-refractivity contribution in [1.82, 2.24) is 9.97 Å². The molecule has 0 aliphatic heterocycles. The minimum atomic E-state index is -0.719. The quantitative estimate of drug-likeness (QED) is 0.933. The highest BCUT2D eigenvalue weighted by Crippen LogP contribution is 2.28. The van der Waals surface area contributed by atoms with Crippen LogP contribution in [0.25, 0.3) is 0 Å². The van der Waals surface area contributed by atoms with Gasteiger partial charge >= 0.3 is 0 Å². The number of nitrogen functional groups attached to an aromatic ring is 1. The fourth-order valence-corrected chi connectivity index (χ4v) is 1.59. The second-order valence-corrected chi connectivity index (χ2v) is 4.76. The minimum absolute atomic E-state index is 0.0263. The van der Waals surface area contributed by atoms with E-state index in [-0.39, 0.29) is 23.4 Å². The standard InChI is InChI=1S/C14H15F2N3O/c1-7(2)13-18-12(17)8(3)14(19-13)20-11-5-9(15)4-10(16)6-11/h4-7H,1-3H3,(H2,17,18,19). The van der Waals surface area contributed by atoms with E-state index in [1.165, 1.54) is 0 Å². The molecule has 0 atom stereocenters. The Balaban J connectivity index is 2.42. The summed E-state index contributed by atoms with van der Waals surface area (Å²) in [4.78, 5) is 8.38. The van der Waals surface area contributed by atoms with E-state index in [2.05, 4.69) is 9.97 Å². The molecule has 0 radical (unpaired) electrons. The van der Waals surface area contributed by atoms with Crippen LogP contribution in [0.15, 0.2) is 18.2 Å². The number of hydrogen-bond acceptors (Lipinski definition) is 4. The molecule has 0 spiro atoms. The second-order valence-electron chi connectivity index (χ2n) is 4.76. The summed E-state index contributed by atoms with van der Waals surface area (Å²) >= 11 is 0. The predicted octanol–water partition coefficient (Wildman–Crippen LogP) is 3.56. The Morgan fingerprint density at radius 1 is 1.10 bits per heavy atom. The van der Waals surface area contributed by atoms with Crippen molar-refractivity contribution in [3.05, 3.63) is 41.2 Å². The van der Waals surface area contributed by atoms with Gasteiger partial charge in [-0.05, 0) is 6.92 Å². The van der Waals surface area contributed by atoms with E-state index < -0.39 is 11.6 Å². The molecule has 0 aliphatic rings. The van der Waals surface area contributed by atoms with Gasteiger partial charge in [-0.3, -0.25) is 0 Å². The number of nitrogens with zero attached hydrogens (tertiary/aromatic N) is 2. The van der Waals surface area contributed by atoms with Gasteiger partial charge < -0.3 is 10.5 Å². The van der Waals surface area contributed by atoms with Crippen LogP contribution in [0.4, 0.5) is 14.6 Å². The first kappa shape index (κ1) is 14.2. The predicted molar refractivity (Wildman–Crippen MR) is 71.7 cm³/mol. The lowest BCUT2D eigenvalue weighted by Crippen LogP contribution is -2.06. The number of halogens is 2. The average Bonchev–Trinajstić information content (AvgIpc) is 2.33. The molecule has 0 saturated heterocycles. The van der Waals surface area contributed by atoms with Crippen molar-refractivity contribution in [2.75, 3.05) is 5.73 Å². The van der Waals surface area contributed by atoms with Gasteiger partial charge in [0, 0.05) is 24.1 Å². The van der Waals surface area contributed by atoms with Crippen LogP contribution in [-0.4, -0.2) is 9.97 Å². The highest BCUT2D eigenvalue weighted by atomic mass is 19.1. The number of benzene rings is 1. The molecule has 106 valence electrons. The lowest BCUT2D eigenvalue weighted by molar-refractivity contribution is 0.443. The van der Waals surface area contributed by atoms with Crippen molar-refractivity contribution in [1.29, 1.82) is 0 Å². The molecule has 0 fully saturated rings. The van der Waals surface area contributed by atoms with Crippen molar-refractivity contribution in [3.63, 3.8) is 0 Å². The molecule has 0 aliphatic carbocycles. The number of rotatable bonds is 3. The molecule has 0 saturated carbocycles. The molecular formula is C14H15F2N3O. The monoisotopic (exact) mass is 279 g/mol. The van der Waals surface area contributed by atoms with Gasteiger partial charge in [0.2, 0.25) is 5.88 Å². The van der Waals surface area contributed by atoms with E-state index in [1.54, 1.807) is 6.92 Å². The summed E-state index contributed by atoms with van der Waals surface area (Å²) in [6.07, 6.45) is 0. The van der Waals surface area contributed by atoms with E-state index in [0.717, 1.165) is 18.2 Å². The van der Waals surface area contributed by atoms with Crippen LogP contribution in [0.3, 0.4) is 0 Å². The zero-order valence-corrected chi connectivity index (χ0v) is 11.4. The first-order valence-corrected chi connectivity index (χ1v) is 6.14. The third-order valence-corrected chi connectivity index (χ3v) is 2.72. The van der Waals surface area contributed by atoms with Crippen molar-refractivity contribution in [2.24, 2.45) is 0 Å². The second kappa shape index (κ2) is 5.40. The van der Waals surface area contributed by atoms with Crippen LogP contribution in [0.5, 0.6) is 11.6 Å². The number of anilines is 1. The summed E-state index contributed by atoms with van der Waals surface area (Å²) in [5.41, 5.74) is 6.32. The molecule has 0 amide bonds. The molecule has 1 aromatic carbocycles. The van der Waals surface area contributed by atoms with Gasteiger partial charge in [0.15, 0.2) is 0 Å². The van der Waals surface area contributed by atoms with E-state index >= 15 is 0 Å². The minimum Gasteiger partial charge on any atom is -0.438 e. The summed E-state index contributed by atoms with van der Waals surface area (Å²) in [5, 5.41) is 0. The molecular weight excluding hydrogens is 264 g/mol. The van der Waals surface area contributed by atoms with Crippen LogP contribution in [0.2, 0.25) is 0 Å². The molecule has 1 heterocycles. The van der Waals surface area contributed by atoms with Crippen molar-refractivity contribution >= 4 is 5.82 Å². The number of nitrogens with two attached hydrogens (primary N) is 1. The van der Waals surface area contributed by atoms with Gasteiger partial charge in [0.05, 0.1) is 5.56 Å². The highest BCUT2D eigenvalue weighted by Gasteiger charge is 2.13. The summed E-state index contributed by atoms with van der Waals surface area (Å²) < 4.78 is 31.7. The third kappa shape index (κ3) is 3.01. The largest absolute Gasteiger partial charge is 0.438 e.